The summed E-state index contributed by atoms with van der Waals surface area (Å²) >= 11 is 3.40. The molecule has 1 aromatic rings. The molecule has 1 heterocycles. The van der Waals surface area contributed by atoms with Crippen molar-refractivity contribution in [2.24, 2.45) is 0 Å². The van der Waals surface area contributed by atoms with E-state index in [9.17, 15) is 4.79 Å². The van der Waals surface area contributed by atoms with Gasteiger partial charge in [0.15, 0.2) is 11.5 Å². The molecule has 20 heavy (non-hydrogen) atoms. The SMILES string of the molecule is N#C/C(=C\c1cc2c(cc1Br)OCO2)C(=O)NC1CC1. The number of nitrogens with one attached hydrogen (secondary N) is 1. The second-order valence-electron chi connectivity index (χ2n) is 4.64. The van der Waals surface area contributed by atoms with Crippen molar-refractivity contribution in [3.05, 3.63) is 27.7 Å². The average molecular weight is 335 g/mol. The molecule has 6 heteroatoms. The van der Waals surface area contributed by atoms with Crippen molar-refractivity contribution in [3.63, 3.8) is 0 Å². The number of nitrogens with zero attached hydrogens (tertiary/aromatic N) is 1. The number of benzene rings is 1. The molecule has 1 amide bonds. The highest BCUT2D eigenvalue weighted by Crippen LogP contribution is 2.37. The minimum Gasteiger partial charge on any atom is -0.454 e. The maximum absolute atomic E-state index is 11.9. The normalized spacial score (nSPS) is 16.7. The summed E-state index contributed by atoms with van der Waals surface area (Å²) in [7, 11) is 0. The monoisotopic (exact) mass is 334 g/mol. The van der Waals surface area contributed by atoms with Crippen LogP contribution in [0.4, 0.5) is 0 Å². The summed E-state index contributed by atoms with van der Waals surface area (Å²) < 4.78 is 11.3. The highest BCUT2D eigenvalue weighted by molar-refractivity contribution is 9.10. The Morgan fingerprint density at radius 2 is 2.10 bits per heavy atom. The highest BCUT2D eigenvalue weighted by Gasteiger charge is 2.25. The number of fused-ring (bicyclic) bond motifs is 1. The Morgan fingerprint density at radius 1 is 1.40 bits per heavy atom. The van der Waals surface area contributed by atoms with Gasteiger partial charge in [0, 0.05) is 10.5 Å². The lowest BCUT2D eigenvalue weighted by atomic mass is 10.1. The predicted molar refractivity (Wildman–Crippen MR) is 75.0 cm³/mol. The third-order valence-electron chi connectivity index (χ3n) is 3.07. The van der Waals surface area contributed by atoms with Gasteiger partial charge in [-0.3, -0.25) is 4.79 Å². The van der Waals surface area contributed by atoms with Crippen LogP contribution in [-0.2, 0) is 4.79 Å². The predicted octanol–water partition coefficient (Wildman–Crippen LogP) is 2.36. The van der Waals surface area contributed by atoms with Crippen LogP contribution in [-0.4, -0.2) is 18.7 Å². The van der Waals surface area contributed by atoms with Crippen molar-refractivity contribution in [1.29, 1.82) is 5.26 Å². The summed E-state index contributed by atoms with van der Waals surface area (Å²) in [6.45, 7) is 0.183. The Bertz CT molecular complexity index is 645. The van der Waals surface area contributed by atoms with Crippen LogP contribution in [0.1, 0.15) is 18.4 Å². The first kappa shape index (κ1) is 13.0. The molecular weight excluding hydrogens is 324 g/mol. The van der Waals surface area contributed by atoms with Crippen LogP contribution >= 0.6 is 15.9 Å². The lowest BCUT2D eigenvalue weighted by Crippen LogP contribution is -2.26. The van der Waals surface area contributed by atoms with E-state index in [1.807, 2.05) is 6.07 Å². The minimum atomic E-state index is -0.334. The van der Waals surface area contributed by atoms with Crippen molar-refractivity contribution >= 4 is 27.9 Å². The van der Waals surface area contributed by atoms with Gasteiger partial charge in [0.25, 0.3) is 5.91 Å². The summed E-state index contributed by atoms with van der Waals surface area (Å²) in [5, 5.41) is 11.9. The first-order valence-corrected chi connectivity index (χ1v) is 6.98. The number of hydrogen-bond acceptors (Lipinski definition) is 4. The van der Waals surface area contributed by atoms with Crippen LogP contribution in [0.3, 0.4) is 0 Å². The molecular formula is C14H11BrN2O3. The molecule has 0 saturated heterocycles. The van der Waals surface area contributed by atoms with E-state index in [-0.39, 0.29) is 24.3 Å². The number of amides is 1. The van der Waals surface area contributed by atoms with Gasteiger partial charge in [0.2, 0.25) is 6.79 Å². The van der Waals surface area contributed by atoms with Gasteiger partial charge in [-0.15, -0.1) is 0 Å². The van der Waals surface area contributed by atoms with Crippen LogP contribution in [0.15, 0.2) is 22.2 Å². The first-order chi connectivity index (χ1) is 9.67. The van der Waals surface area contributed by atoms with Crippen molar-refractivity contribution in [3.8, 4) is 17.6 Å². The number of carbonyl (C=O) groups is 1. The van der Waals surface area contributed by atoms with E-state index in [1.165, 1.54) is 0 Å². The maximum Gasteiger partial charge on any atom is 0.262 e. The quantitative estimate of drug-likeness (QED) is 0.680. The van der Waals surface area contributed by atoms with Crippen molar-refractivity contribution in [2.75, 3.05) is 6.79 Å². The summed E-state index contributed by atoms with van der Waals surface area (Å²) in [5.74, 6) is 0.925. The fourth-order valence-corrected chi connectivity index (χ4v) is 2.28. The fraction of sp³-hybridized carbons (Fsp3) is 0.286. The number of rotatable bonds is 3. The molecule has 1 fully saturated rings. The van der Waals surface area contributed by atoms with Crippen LogP contribution in [0.5, 0.6) is 11.5 Å². The average Bonchev–Trinajstić information content (AvgIpc) is 3.12. The molecule has 0 spiro atoms. The van der Waals surface area contributed by atoms with Crippen LogP contribution in [0.25, 0.3) is 6.08 Å². The Balaban J connectivity index is 1.89. The molecule has 0 atom stereocenters. The van der Waals surface area contributed by atoms with Gasteiger partial charge in [-0.25, -0.2) is 0 Å². The van der Waals surface area contributed by atoms with E-state index in [4.69, 9.17) is 14.7 Å². The lowest BCUT2D eigenvalue weighted by molar-refractivity contribution is -0.117. The number of carbonyl (C=O) groups excluding carboxylic acids is 1. The zero-order valence-corrected chi connectivity index (χ0v) is 12.1. The van der Waals surface area contributed by atoms with E-state index in [1.54, 1.807) is 18.2 Å². The van der Waals surface area contributed by atoms with Gasteiger partial charge in [0.05, 0.1) is 0 Å². The number of hydrogen-bond donors (Lipinski definition) is 1. The molecule has 2 aliphatic rings. The Labute approximate surface area is 124 Å². The van der Waals surface area contributed by atoms with Crippen LogP contribution in [0.2, 0.25) is 0 Å². The van der Waals surface area contributed by atoms with E-state index in [0.29, 0.717) is 17.1 Å². The van der Waals surface area contributed by atoms with E-state index < -0.39 is 0 Å². The molecule has 0 bridgehead atoms. The third kappa shape index (κ3) is 2.63. The van der Waals surface area contributed by atoms with Gasteiger partial charge in [-0.05, 0) is 36.6 Å². The van der Waals surface area contributed by atoms with Crippen molar-refractivity contribution < 1.29 is 14.3 Å². The first-order valence-electron chi connectivity index (χ1n) is 6.19. The molecule has 1 saturated carbocycles. The largest absolute Gasteiger partial charge is 0.454 e. The standard InChI is InChI=1S/C14H11BrN2O3/c15-11-5-13-12(19-7-20-13)4-8(11)3-9(6-16)14(18)17-10-1-2-10/h3-5,10H,1-2,7H2,(H,17,18)/b9-3+. The number of ether oxygens (including phenoxy) is 2. The minimum absolute atomic E-state index is 0.0801. The van der Waals surface area contributed by atoms with Gasteiger partial charge >= 0.3 is 0 Å². The molecule has 5 nitrogen and oxygen atoms in total. The van der Waals surface area contributed by atoms with E-state index in [0.717, 1.165) is 17.3 Å². The lowest BCUT2D eigenvalue weighted by Gasteiger charge is -2.04. The van der Waals surface area contributed by atoms with Gasteiger partial charge in [-0.1, -0.05) is 15.9 Å². The number of halogens is 1. The Morgan fingerprint density at radius 3 is 2.75 bits per heavy atom. The summed E-state index contributed by atoms with van der Waals surface area (Å²) in [6, 6.07) is 5.67. The van der Waals surface area contributed by atoms with Crippen LogP contribution < -0.4 is 14.8 Å². The van der Waals surface area contributed by atoms with Gasteiger partial charge < -0.3 is 14.8 Å². The summed E-state index contributed by atoms with van der Waals surface area (Å²) in [6.07, 6.45) is 3.51. The Kier molecular flexibility index (Phi) is 3.36. The van der Waals surface area contributed by atoms with Gasteiger partial charge in [0.1, 0.15) is 11.6 Å². The van der Waals surface area contributed by atoms with Crippen molar-refractivity contribution in [2.45, 2.75) is 18.9 Å². The van der Waals surface area contributed by atoms with Gasteiger partial charge in [-0.2, -0.15) is 5.26 Å². The maximum atomic E-state index is 11.9. The molecule has 102 valence electrons. The Hall–Kier alpha value is -2.00. The fourth-order valence-electron chi connectivity index (χ4n) is 1.84. The zero-order valence-electron chi connectivity index (χ0n) is 10.5. The molecule has 1 N–H and O–H groups in total. The molecule has 1 aromatic carbocycles. The van der Waals surface area contributed by atoms with Crippen LogP contribution in [0, 0.1) is 11.3 Å². The molecule has 0 radical (unpaired) electrons. The smallest absolute Gasteiger partial charge is 0.262 e. The second kappa shape index (κ2) is 5.17. The summed E-state index contributed by atoms with van der Waals surface area (Å²) in [4.78, 5) is 11.9. The molecule has 3 rings (SSSR count). The number of nitriles is 1. The molecule has 0 unspecified atom stereocenters. The van der Waals surface area contributed by atoms with E-state index in [2.05, 4.69) is 21.2 Å². The topological polar surface area (TPSA) is 71.3 Å². The second-order valence-corrected chi connectivity index (χ2v) is 5.50. The summed E-state index contributed by atoms with van der Waals surface area (Å²) in [5.41, 5.74) is 0.785. The molecule has 0 aromatic heterocycles. The highest BCUT2D eigenvalue weighted by atomic mass is 79.9. The molecule has 1 aliphatic heterocycles. The zero-order chi connectivity index (χ0) is 14.1. The van der Waals surface area contributed by atoms with E-state index >= 15 is 0 Å². The third-order valence-corrected chi connectivity index (χ3v) is 3.76. The van der Waals surface area contributed by atoms with Crippen molar-refractivity contribution in [1.82, 2.24) is 5.32 Å². The molecule has 1 aliphatic carbocycles.